The first-order valence-electron chi connectivity index (χ1n) is 14.7. The molecule has 0 spiro atoms. The van der Waals surface area contributed by atoms with E-state index in [2.05, 4.69) is 12.2 Å². The van der Waals surface area contributed by atoms with Crippen LogP contribution < -0.4 is 5.32 Å². The van der Waals surface area contributed by atoms with Crippen LogP contribution in [0.2, 0.25) is 0 Å². The molecule has 0 unspecified atom stereocenters. The van der Waals surface area contributed by atoms with Gasteiger partial charge in [-0.2, -0.15) is 0 Å². The van der Waals surface area contributed by atoms with Crippen LogP contribution in [-0.4, -0.2) is 33.6 Å². The highest BCUT2D eigenvalue weighted by atomic mass is 32.1. The van der Waals surface area contributed by atoms with Gasteiger partial charge in [0.05, 0.1) is 24.1 Å². The van der Waals surface area contributed by atoms with Gasteiger partial charge in [-0.25, -0.2) is 4.98 Å². The van der Waals surface area contributed by atoms with Gasteiger partial charge in [-0.3, -0.25) is 24.0 Å². The Morgan fingerprint density at radius 1 is 0.977 bits per heavy atom. The first-order valence-corrected chi connectivity index (χ1v) is 17.2. The lowest BCUT2D eigenvalue weighted by atomic mass is 9.95. The fraction of sp³-hybridized carbons (Fsp3) is 0.364. The molecule has 0 atom stereocenters. The zero-order chi connectivity index (χ0) is 30.9. The molecule has 0 saturated carbocycles. The second-order valence-corrected chi connectivity index (χ2v) is 14.3. The Morgan fingerprint density at radius 3 is 2.23 bits per heavy atom. The number of nitrogens with zero attached hydrogens (tertiary/aromatic N) is 2. The molecular weight excluding hydrogens is 581 g/mol. The van der Waals surface area contributed by atoms with Gasteiger partial charge in [0.2, 0.25) is 0 Å². The Labute approximate surface area is 257 Å². The number of carbonyl (C=O) groups excluding carboxylic acids is 2. The highest BCUT2D eigenvalue weighted by Crippen LogP contribution is 2.53. The van der Waals surface area contributed by atoms with Crippen molar-refractivity contribution in [2.75, 3.05) is 5.32 Å². The van der Waals surface area contributed by atoms with Gasteiger partial charge in [0.15, 0.2) is 5.13 Å². The van der Waals surface area contributed by atoms with Crippen LogP contribution in [0.3, 0.4) is 0 Å². The smallest absolute Gasteiger partial charge is 0.306 e. The van der Waals surface area contributed by atoms with E-state index in [1.54, 1.807) is 24.3 Å². The lowest BCUT2D eigenvalue weighted by Gasteiger charge is -2.22. The number of aryl methyl sites for hydroxylation is 1. The number of thiazole rings is 1. The van der Waals surface area contributed by atoms with Crippen molar-refractivity contribution in [3.63, 3.8) is 0 Å². The maximum atomic E-state index is 13.5. The second-order valence-electron chi connectivity index (χ2n) is 11.3. The van der Waals surface area contributed by atoms with Gasteiger partial charge in [0.25, 0.3) is 11.8 Å². The molecule has 5 rings (SSSR count). The summed E-state index contributed by atoms with van der Waals surface area (Å²) in [6.45, 7) is 11.4. The van der Waals surface area contributed by atoms with Crippen molar-refractivity contribution in [3.05, 3.63) is 93.1 Å². The van der Waals surface area contributed by atoms with Gasteiger partial charge in [-0.15, -0.1) is 11.3 Å². The van der Waals surface area contributed by atoms with E-state index in [4.69, 9.17) is 14.0 Å². The van der Waals surface area contributed by atoms with Crippen LogP contribution in [0.25, 0.3) is 11.3 Å². The first-order chi connectivity index (χ1) is 20.5. The summed E-state index contributed by atoms with van der Waals surface area (Å²) >= 11 is 1.48. The normalized spacial score (nSPS) is 12.8. The third-order valence-corrected chi connectivity index (χ3v) is 10.6. The molecule has 2 aromatic heterocycles. The highest BCUT2D eigenvalue weighted by molar-refractivity contribution is 7.53. The van der Waals surface area contributed by atoms with Gasteiger partial charge >= 0.3 is 7.60 Å². The number of hydrogen-bond acceptors (Lipinski definition) is 7. The molecule has 4 aromatic rings. The molecule has 10 heteroatoms. The number of benzene rings is 2. The quantitative estimate of drug-likeness (QED) is 0.180. The molecule has 1 aliphatic carbocycles. The molecule has 0 saturated heterocycles. The van der Waals surface area contributed by atoms with Crippen LogP contribution >= 0.6 is 18.9 Å². The standard InChI is InChI=1S/C33H38N3O5PS/c1-7-26-22(6)36(32(38)25-11-9-8-10-12-25)27-17-18-28-30(29(26)27)34-33(43-28)35-31(37)24-15-13-23(14-16-24)19-42(39,40-20(2)3)41-21(4)5/h8-16,20-21H,7,17-19H2,1-6H3,(H,34,35,37). The zero-order valence-electron chi connectivity index (χ0n) is 25.5. The van der Waals surface area contributed by atoms with Crippen molar-refractivity contribution in [2.45, 2.75) is 79.2 Å². The number of fused-ring (bicyclic) bond motifs is 3. The predicted molar refractivity (Wildman–Crippen MR) is 171 cm³/mol. The molecule has 43 heavy (non-hydrogen) atoms. The molecule has 226 valence electrons. The molecule has 0 aliphatic heterocycles. The summed E-state index contributed by atoms with van der Waals surface area (Å²) in [5.41, 5.74) is 6.77. The third-order valence-electron chi connectivity index (χ3n) is 7.29. The minimum absolute atomic E-state index is 0.0346. The van der Waals surface area contributed by atoms with Crippen LogP contribution in [0, 0.1) is 6.92 Å². The van der Waals surface area contributed by atoms with Gasteiger partial charge in [-0.1, -0.05) is 37.3 Å². The van der Waals surface area contributed by atoms with Crippen LogP contribution in [0.1, 0.15) is 82.7 Å². The highest BCUT2D eigenvalue weighted by Gasteiger charge is 2.32. The summed E-state index contributed by atoms with van der Waals surface area (Å²) in [5, 5.41) is 3.49. The number of nitrogens with one attached hydrogen (secondary N) is 1. The van der Waals surface area contributed by atoms with Crippen molar-refractivity contribution in [3.8, 4) is 11.3 Å². The monoisotopic (exact) mass is 619 g/mol. The van der Waals surface area contributed by atoms with E-state index < -0.39 is 7.60 Å². The Kier molecular flexibility index (Phi) is 9.18. The van der Waals surface area contributed by atoms with Gasteiger partial charge in [-0.05, 0) is 89.3 Å². The van der Waals surface area contributed by atoms with E-state index in [1.165, 1.54) is 11.3 Å². The molecule has 1 aliphatic rings. The Hall–Kier alpha value is -3.36. The largest absolute Gasteiger partial charge is 0.335 e. The number of carbonyl (C=O) groups is 2. The van der Waals surface area contributed by atoms with Crippen molar-refractivity contribution in [1.29, 1.82) is 0 Å². The van der Waals surface area contributed by atoms with Crippen molar-refractivity contribution in [2.24, 2.45) is 0 Å². The summed E-state index contributed by atoms with van der Waals surface area (Å²) < 4.78 is 26.4. The lowest BCUT2D eigenvalue weighted by Crippen LogP contribution is -2.18. The van der Waals surface area contributed by atoms with Crippen molar-refractivity contribution < 1.29 is 23.2 Å². The van der Waals surface area contributed by atoms with Crippen molar-refractivity contribution in [1.82, 2.24) is 9.55 Å². The molecule has 0 fully saturated rings. The number of aromatic nitrogens is 2. The van der Waals surface area contributed by atoms with Gasteiger partial charge < -0.3 is 9.05 Å². The van der Waals surface area contributed by atoms with Crippen LogP contribution in [0.4, 0.5) is 5.13 Å². The lowest BCUT2D eigenvalue weighted by molar-refractivity contribution is 0.0954. The Morgan fingerprint density at radius 2 is 1.63 bits per heavy atom. The number of rotatable bonds is 10. The van der Waals surface area contributed by atoms with Crippen molar-refractivity contribution >= 4 is 35.9 Å². The third kappa shape index (κ3) is 6.60. The van der Waals surface area contributed by atoms with E-state index in [1.807, 2.05) is 69.5 Å². The summed E-state index contributed by atoms with van der Waals surface area (Å²) in [6.07, 6.45) is 1.88. The molecular formula is C33H38N3O5PS. The van der Waals surface area contributed by atoms with E-state index in [9.17, 15) is 14.2 Å². The molecule has 1 amide bonds. The van der Waals surface area contributed by atoms with Gasteiger partial charge in [0.1, 0.15) is 0 Å². The van der Waals surface area contributed by atoms with Crippen LogP contribution in [0.15, 0.2) is 54.6 Å². The summed E-state index contributed by atoms with van der Waals surface area (Å²) in [5.74, 6) is -0.311. The molecule has 2 aromatic carbocycles. The Bertz CT molecular complexity index is 1680. The minimum Gasteiger partial charge on any atom is -0.306 e. The molecule has 0 radical (unpaired) electrons. The average Bonchev–Trinajstić information content (AvgIpc) is 3.49. The summed E-state index contributed by atoms with van der Waals surface area (Å²) in [4.78, 5) is 32.7. The molecule has 1 N–H and O–H groups in total. The van der Waals surface area contributed by atoms with E-state index in [-0.39, 0.29) is 30.2 Å². The predicted octanol–water partition coefficient (Wildman–Crippen LogP) is 8.06. The first kappa shape index (κ1) is 31.1. The molecule has 2 heterocycles. The number of hydrogen-bond donors (Lipinski definition) is 1. The summed E-state index contributed by atoms with van der Waals surface area (Å²) in [6, 6.07) is 16.3. The topological polar surface area (TPSA) is 99.5 Å². The van der Waals surface area contributed by atoms with Crippen LogP contribution in [0.5, 0.6) is 0 Å². The van der Waals surface area contributed by atoms with Crippen LogP contribution in [-0.2, 0) is 39.0 Å². The number of anilines is 1. The second kappa shape index (κ2) is 12.7. The SMILES string of the molecule is CCc1c2c(n(C(=O)c3ccccc3)c1C)CCc1sc(NC(=O)c3ccc(CP(=O)(OC(C)C)OC(C)C)cc3)nc1-2. The number of amides is 1. The van der Waals surface area contributed by atoms with Gasteiger partial charge in [0, 0.05) is 33.0 Å². The zero-order valence-corrected chi connectivity index (χ0v) is 27.2. The maximum absolute atomic E-state index is 13.5. The van der Waals surface area contributed by atoms with E-state index in [0.717, 1.165) is 57.9 Å². The van der Waals surface area contributed by atoms with E-state index in [0.29, 0.717) is 16.3 Å². The molecule has 0 bridgehead atoms. The fourth-order valence-electron chi connectivity index (χ4n) is 5.64. The summed E-state index contributed by atoms with van der Waals surface area (Å²) in [7, 11) is -3.34. The fourth-order valence-corrected chi connectivity index (χ4v) is 8.74. The average molecular weight is 620 g/mol. The Balaban J connectivity index is 1.36. The minimum atomic E-state index is -3.34. The van der Waals surface area contributed by atoms with E-state index >= 15 is 0 Å². The molecule has 8 nitrogen and oxygen atoms in total. The maximum Gasteiger partial charge on any atom is 0.335 e.